The van der Waals surface area contributed by atoms with Gasteiger partial charge in [0.05, 0.1) is 11.4 Å². The molecule has 0 unspecified atom stereocenters. The monoisotopic (exact) mass is 286 g/mol. The molecule has 4 nitrogen and oxygen atoms in total. The van der Waals surface area contributed by atoms with Crippen LogP contribution < -0.4 is 5.73 Å². The SMILES string of the molecule is CCc1c(C)sc2nc(-c3cccnc3)c(CCN)n12. The Hall–Kier alpha value is -1.72. The molecule has 0 radical (unpaired) electrons. The second-order valence-corrected chi connectivity index (χ2v) is 5.95. The largest absolute Gasteiger partial charge is 0.330 e. The Morgan fingerprint density at radius 2 is 2.20 bits per heavy atom. The number of hydrogen-bond acceptors (Lipinski definition) is 4. The van der Waals surface area contributed by atoms with Gasteiger partial charge in [-0.05, 0) is 32.0 Å². The molecule has 0 saturated heterocycles. The van der Waals surface area contributed by atoms with Crippen LogP contribution in [-0.4, -0.2) is 20.9 Å². The fourth-order valence-corrected chi connectivity index (χ4v) is 3.72. The normalized spacial score (nSPS) is 11.3. The van der Waals surface area contributed by atoms with Crippen molar-refractivity contribution in [2.24, 2.45) is 5.73 Å². The summed E-state index contributed by atoms with van der Waals surface area (Å²) in [4.78, 5) is 11.4. The highest BCUT2D eigenvalue weighted by Crippen LogP contribution is 2.31. The van der Waals surface area contributed by atoms with Crippen LogP contribution in [0.15, 0.2) is 24.5 Å². The average molecular weight is 286 g/mol. The third-order valence-electron chi connectivity index (χ3n) is 3.51. The van der Waals surface area contributed by atoms with E-state index in [-0.39, 0.29) is 0 Å². The maximum Gasteiger partial charge on any atom is 0.194 e. The van der Waals surface area contributed by atoms with Gasteiger partial charge in [0.15, 0.2) is 4.96 Å². The van der Waals surface area contributed by atoms with Crippen molar-refractivity contribution in [1.29, 1.82) is 0 Å². The third-order valence-corrected chi connectivity index (χ3v) is 4.51. The molecule has 104 valence electrons. The van der Waals surface area contributed by atoms with E-state index in [2.05, 4.69) is 29.3 Å². The lowest BCUT2D eigenvalue weighted by atomic mass is 10.1. The van der Waals surface area contributed by atoms with E-state index >= 15 is 0 Å². The minimum atomic E-state index is 0.624. The first kappa shape index (κ1) is 13.3. The van der Waals surface area contributed by atoms with Gasteiger partial charge in [0.1, 0.15) is 0 Å². The molecule has 0 aliphatic rings. The Bertz CT molecular complexity index is 727. The summed E-state index contributed by atoms with van der Waals surface area (Å²) in [6, 6.07) is 4.00. The van der Waals surface area contributed by atoms with Crippen molar-refractivity contribution in [2.75, 3.05) is 6.54 Å². The molecule has 0 aliphatic heterocycles. The fourth-order valence-electron chi connectivity index (χ4n) is 2.64. The Kier molecular flexibility index (Phi) is 3.54. The molecule has 3 aromatic heterocycles. The summed E-state index contributed by atoms with van der Waals surface area (Å²) < 4.78 is 2.29. The van der Waals surface area contributed by atoms with Gasteiger partial charge in [0, 0.05) is 34.9 Å². The smallest absolute Gasteiger partial charge is 0.194 e. The van der Waals surface area contributed by atoms with Gasteiger partial charge in [-0.2, -0.15) is 0 Å². The first-order valence-corrected chi connectivity index (χ1v) is 7.68. The van der Waals surface area contributed by atoms with Gasteiger partial charge in [-0.1, -0.05) is 6.92 Å². The minimum Gasteiger partial charge on any atom is -0.330 e. The molecule has 5 heteroatoms. The molecule has 0 aliphatic carbocycles. The van der Waals surface area contributed by atoms with Gasteiger partial charge in [-0.3, -0.25) is 9.38 Å². The summed E-state index contributed by atoms with van der Waals surface area (Å²) in [7, 11) is 0. The molecule has 3 heterocycles. The number of imidazole rings is 1. The molecule has 0 amide bonds. The van der Waals surface area contributed by atoms with Gasteiger partial charge in [0.25, 0.3) is 0 Å². The van der Waals surface area contributed by atoms with Gasteiger partial charge >= 0.3 is 0 Å². The van der Waals surface area contributed by atoms with Crippen LogP contribution >= 0.6 is 11.3 Å². The summed E-state index contributed by atoms with van der Waals surface area (Å²) in [5.41, 5.74) is 10.4. The van der Waals surface area contributed by atoms with Crippen molar-refractivity contribution < 1.29 is 0 Å². The summed E-state index contributed by atoms with van der Waals surface area (Å²) in [6.45, 7) is 4.97. The first-order chi connectivity index (χ1) is 9.76. The molecule has 0 atom stereocenters. The van der Waals surface area contributed by atoms with Gasteiger partial charge in [0.2, 0.25) is 0 Å². The van der Waals surface area contributed by atoms with E-state index in [4.69, 9.17) is 10.7 Å². The lowest BCUT2D eigenvalue weighted by molar-refractivity contribution is 0.873. The lowest BCUT2D eigenvalue weighted by Crippen LogP contribution is -2.07. The predicted molar refractivity (Wildman–Crippen MR) is 83.2 cm³/mol. The van der Waals surface area contributed by atoms with Crippen LogP contribution in [0.1, 0.15) is 23.2 Å². The second-order valence-electron chi connectivity index (χ2n) is 4.76. The van der Waals surface area contributed by atoms with E-state index < -0.39 is 0 Å². The van der Waals surface area contributed by atoms with Crippen LogP contribution in [0.25, 0.3) is 16.2 Å². The number of hydrogen-bond donors (Lipinski definition) is 1. The van der Waals surface area contributed by atoms with Gasteiger partial charge in [-0.15, -0.1) is 11.3 Å². The topological polar surface area (TPSA) is 56.2 Å². The van der Waals surface area contributed by atoms with Crippen LogP contribution in [0.4, 0.5) is 0 Å². The van der Waals surface area contributed by atoms with E-state index in [0.717, 1.165) is 29.1 Å². The fraction of sp³-hybridized carbons (Fsp3) is 0.333. The summed E-state index contributed by atoms with van der Waals surface area (Å²) in [5, 5.41) is 0. The zero-order valence-corrected chi connectivity index (χ0v) is 12.6. The molecule has 0 saturated carbocycles. The number of nitrogens with zero attached hydrogens (tertiary/aromatic N) is 3. The molecule has 20 heavy (non-hydrogen) atoms. The van der Waals surface area contributed by atoms with E-state index in [1.807, 2.05) is 12.3 Å². The summed E-state index contributed by atoms with van der Waals surface area (Å²) in [5.74, 6) is 0. The lowest BCUT2D eigenvalue weighted by Gasteiger charge is -2.05. The van der Waals surface area contributed by atoms with Crippen LogP contribution in [-0.2, 0) is 12.8 Å². The average Bonchev–Trinajstić information content (AvgIpc) is 2.96. The highest BCUT2D eigenvalue weighted by molar-refractivity contribution is 7.17. The van der Waals surface area contributed by atoms with Gasteiger partial charge in [-0.25, -0.2) is 4.98 Å². The maximum atomic E-state index is 5.80. The number of rotatable bonds is 4. The number of pyridine rings is 1. The summed E-state index contributed by atoms with van der Waals surface area (Å²) >= 11 is 1.75. The summed E-state index contributed by atoms with van der Waals surface area (Å²) in [6.07, 6.45) is 5.48. The third kappa shape index (κ3) is 2.03. The Labute approximate surface area is 122 Å². The van der Waals surface area contributed by atoms with Crippen LogP contribution in [0, 0.1) is 6.92 Å². The number of thiazole rings is 1. The molecular weight excluding hydrogens is 268 g/mol. The molecule has 0 bridgehead atoms. The Morgan fingerprint density at radius 1 is 1.35 bits per heavy atom. The van der Waals surface area contributed by atoms with E-state index in [1.165, 1.54) is 16.3 Å². The van der Waals surface area contributed by atoms with Crippen molar-refractivity contribution in [1.82, 2.24) is 14.4 Å². The standard InChI is InChI=1S/C15H18N4S/c1-3-12-10(2)20-15-18-14(11-5-4-8-17-9-11)13(6-7-16)19(12)15/h4-5,8-9H,3,6-7,16H2,1-2H3. The van der Waals surface area contributed by atoms with Crippen molar-refractivity contribution in [3.05, 3.63) is 40.8 Å². The molecular formula is C15H18N4S. The molecule has 0 spiro atoms. The molecule has 2 N–H and O–H groups in total. The number of fused-ring (bicyclic) bond motifs is 1. The molecule has 0 fully saturated rings. The number of nitrogens with two attached hydrogens (primary N) is 1. The Morgan fingerprint density at radius 3 is 2.85 bits per heavy atom. The first-order valence-electron chi connectivity index (χ1n) is 6.86. The van der Waals surface area contributed by atoms with E-state index in [0.29, 0.717) is 6.54 Å². The highest BCUT2D eigenvalue weighted by atomic mass is 32.1. The van der Waals surface area contributed by atoms with E-state index in [9.17, 15) is 0 Å². The van der Waals surface area contributed by atoms with Crippen molar-refractivity contribution in [3.63, 3.8) is 0 Å². The Balaban J connectivity index is 2.28. The van der Waals surface area contributed by atoms with Crippen molar-refractivity contribution >= 4 is 16.3 Å². The number of aromatic nitrogens is 3. The van der Waals surface area contributed by atoms with Gasteiger partial charge < -0.3 is 5.73 Å². The predicted octanol–water partition coefficient (Wildman–Crippen LogP) is 2.83. The number of aryl methyl sites for hydroxylation is 2. The molecule has 0 aromatic carbocycles. The molecule has 3 aromatic rings. The zero-order chi connectivity index (χ0) is 14.1. The van der Waals surface area contributed by atoms with Crippen LogP contribution in [0.3, 0.4) is 0 Å². The maximum absolute atomic E-state index is 5.80. The quantitative estimate of drug-likeness (QED) is 0.802. The minimum absolute atomic E-state index is 0.624. The van der Waals surface area contributed by atoms with Crippen molar-refractivity contribution in [2.45, 2.75) is 26.7 Å². The van der Waals surface area contributed by atoms with Crippen LogP contribution in [0.5, 0.6) is 0 Å². The van der Waals surface area contributed by atoms with Crippen LogP contribution in [0.2, 0.25) is 0 Å². The zero-order valence-electron chi connectivity index (χ0n) is 11.8. The van der Waals surface area contributed by atoms with E-state index in [1.54, 1.807) is 17.5 Å². The molecule has 3 rings (SSSR count). The van der Waals surface area contributed by atoms with Crippen molar-refractivity contribution in [3.8, 4) is 11.3 Å². The second kappa shape index (κ2) is 5.34. The highest BCUT2D eigenvalue weighted by Gasteiger charge is 2.18.